The van der Waals surface area contributed by atoms with Crippen molar-refractivity contribution in [2.45, 2.75) is 75.7 Å². The number of aliphatic hydroxyl groups is 2. The number of benzene rings is 1. The third-order valence-corrected chi connectivity index (χ3v) is 7.41. The fourth-order valence-electron chi connectivity index (χ4n) is 4.93. The Morgan fingerprint density at radius 2 is 1.76 bits per heavy atom. The van der Waals surface area contributed by atoms with Crippen molar-refractivity contribution in [1.29, 1.82) is 0 Å². The van der Waals surface area contributed by atoms with Crippen LogP contribution in [0.4, 0.5) is 13.6 Å². The molecule has 51 heavy (non-hydrogen) atoms. The van der Waals surface area contributed by atoms with Gasteiger partial charge in [0.15, 0.2) is 12.7 Å². The molecule has 0 heterocycles. The van der Waals surface area contributed by atoms with Crippen molar-refractivity contribution in [3.05, 3.63) is 74.9 Å². The van der Waals surface area contributed by atoms with Gasteiger partial charge < -0.3 is 44.2 Å². The van der Waals surface area contributed by atoms with Crippen LogP contribution in [0.15, 0.2) is 54.6 Å². The summed E-state index contributed by atoms with van der Waals surface area (Å²) in [5.41, 5.74) is 0. The molecule has 1 aromatic rings. The molecule has 19 heteroatoms. The molecule has 1 aliphatic rings. The van der Waals surface area contributed by atoms with Gasteiger partial charge in [-0.3, -0.25) is 4.79 Å². The van der Waals surface area contributed by atoms with Crippen LogP contribution in [0.1, 0.15) is 45.4 Å². The van der Waals surface area contributed by atoms with E-state index in [0.29, 0.717) is 31.1 Å². The van der Waals surface area contributed by atoms with E-state index < -0.39 is 77.6 Å². The second kappa shape index (κ2) is 23.0. The summed E-state index contributed by atoms with van der Waals surface area (Å²) >= 11 is 0. The van der Waals surface area contributed by atoms with Crippen LogP contribution >= 0.6 is 0 Å². The Morgan fingerprint density at radius 1 is 1.02 bits per heavy atom. The van der Waals surface area contributed by atoms with E-state index in [1.54, 1.807) is 43.3 Å². The smallest absolute Gasteiger partial charge is 0.407 e. The molecular weight excluding hydrogens is 688 g/mol. The average molecular weight is 734 g/mol. The maximum absolute atomic E-state index is 14.4. The summed E-state index contributed by atoms with van der Waals surface area (Å²) in [5, 5.41) is 41.7. The summed E-state index contributed by atoms with van der Waals surface area (Å²) in [5.74, 6) is -4.58. The fourth-order valence-corrected chi connectivity index (χ4v) is 4.93. The molecular formula is C32H45F2N3O14. The number of allylic oxidation sites excluding steroid dienone is 2. The summed E-state index contributed by atoms with van der Waals surface area (Å²) in [4.78, 5) is 52.9. The third-order valence-electron chi connectivity index (χ3n) is 7.41. The largest absolute Gasteiger partial charge is 0.487 e. The normalized spacial score (nSPS) is 20.1. The highest BCUT2D eigenvalue weighted by atomic mass is 19.3. The number of alkyl carbamates (subject to hydrolysis) is 1. The van der Waals surface area contributed by atoms with Gasteiger partial charge in [0.05, 0.1) is 31.5 Å². The predicted molar refractivity (Wildman–Crippen MR) is 172 cm³/mol. The first-order chi connectivity index (χ1) is 24.3. The fraction of sp³-hybridized carbons (Fsp3) is 0.625. The molecule has 0 aromatic heterocycles. The summed E-state index contributed by atoms with van der Waals surface area (Å²) in [6, 6.07) is 7.66. The van der Waals surface area contributed by atoms with Crippen LogP contribution in [0, 0.1) is 32.1 Å². The van der Waals surface area contributed by atoms with E-state index in [9.17, 15) is 48.8 Å². The molecule has 0 saturated heterocycles. The number of carbonyl (C=O) groups excluding carboxylic acids is 2. The number of amides is 1. The third kappa shape index (κ3) is 18.8. The van der Waals surface area contributed by atoms with Gasteiger partial charge in [-0.2, -0.15) is 8.78 Å². The maximum Gasteiger partial charge on any atom is 0.407 e. The predicted octanol–water partition coefficient (Wildman–Crippen LogP) is 3.58. The molecule has 1 saturated carbocycles. The number of carbonyl (C=O) groups is 2. The van der Waals surface area contributed by atoms with Gasteiger partial charge in [0.25, 0.3) is 16.1 Å². The molecule has 0 aliphatic heterocycles. The molecule has 6 atom stereocenters. The van der Waals surface area contributed by atoms with E-state index in [4.69, 9.17) is 18.9 Å². The summed E-state index contributed by atoms with van der Waals surface area (Å²) < 4.78 is 49.3. The van der Waals surface area contributed by atoms with E-state index in [1.807, 2.05) is 6.08 Å². The van der Waals surface area contributed by atoms with Crippen LogP contribution in [-0.2, 0) is 28.7 Å². The summed E-state index contributed by atoms with van der Waals surface area (Å²) in [6.07, 6.45) is 3.32. The molecule has 0 bridgehead atoms. The maximum atomic E-state index is 14.4. The molecule has 2 rings (SSSR count). The Bertz CT molecular complexity index is 1270. The highest BCUT2D eigenvalue weighted by Crippen LogP contribution is 2.37. The Morgan fingerprint density at radius 3 is 2.47 bits per heavy atom. The van der Waals surface area contributed by atoms with E-state index in [-0.39, 0.29) is 45.7 Å². The van der Waals surface area contributed by atoms with Gasteiger partial charge in [-0.05, 0) is 50.3 Å². The number of hydrogen-bond acceptors (Lipinski definition) is 14. The van der Waals surface area contributed by atoms with Crippen LogP contribution < -0.4 is 10.1 Å². The number of nitrogens with one attached hydrogen (secondary N) is 1. The first-order valence-corrected chi connectivity index (χ1v) is 16.3. The minimum absolute atomic E-state index is 0.00277. The second-order valence-electron chi connectivity index (χ2n) is 11.7. The molecule has 1 aliphatic carbocycles. The molecule has 1 aromatic carbocycles. The minimum atomic E-state index is -3.28. The standard InChI is InChI=1S/C32H45F2N3O14/c1-23(35-31(41)47-17-9-16-46-20-25(51-37(44)45)21-50-36(42)43)19-48-30(40)13-8-3-2-7-12-26-27(29(39)18-28(26)38)14-15-32(33,34)22-49-24-10-5-4-6-11-24/h2,4-7,10-11,14-15,23,25-29,38-39H,3,8-9,12-13,16-22H2,1H3,(H,35,41)/t23-,25?,26+,27+,28-,29+/m0/s1. The van der Waals surface area contributed by atoms with Gasteiger partial charge >= 0.3 is 12.1 Å². The molecule has 1 unspecified atom stereocenters. The Labute approximate surface area is 292 Å². The molecule has 17 nitrogen and oxygen atoms in total. The van der Waals surface area contributed by atoms with Gasteiger partial charge in [-0.1, -0.05) is 36.4 Å². The number of halogens is 2. The lowest BCUT2D eigenvalue weighted by Crippen LogP contribution is -2.37. The number of alkyl halides is 2. The van der Waals surface area contributed by atoms with Crippen LogP contribution in [0.5, 0.6) is 5.75 Å². The highest BCUT2D eigenvalue weighted by Gasteiger charge is 2.40. The van der Waals surface area contributed by atoms with E-state index in [0.717, 1.165) is 0 Å². The van der Waals surface area contributed by atoms with Gasteiger partial charge in [0, 0.05) is 31.8 Å². The van der Waals surface area contributed by atoms with E-state index in [2.05, 4.69) is 15.0 Å². The molecule has 0 spiro atoms. The lowest BCUT2D eigenvalue weighted by molar-refractivity contribution is -0.790. The number of unbranched alkanes of at least 4 members (excludes halogenated alkanes) is 1. The molecule has 0 radical (unpaired) electrons. The van der Waals surface area contributed by atoms with Crippen molar-refractivity contribution in [3.63, 3.8) is 0 Å². The molecule has 286 valence electrons. The van der Waals surface area contributed by atoms with E-state index in [1.165, 1.54) is 6.08 Å². The minimum Gasteiger partial charge on any atom is -0.487 e. The molecule has 1 fully saturated rings. The van der Waals surface area contributed by atoms with Crippen molar-refractivity contribution in [2.24, 2.45) is 11.8 Å². The van der Waals surface area contributed by atoms with Gasteiger partial charge in [-0.25, -0.2) is 4.79 Å². The highest BCUT2D eigenvalue weighted by molar-refractivity contribution is 5.69. The zero-order valence-electron chi connectivity index (χ0n) is 28.1. The van der Waals surface area contributed by atoms with Crippen molar-refractivity contribution in [1.82, 2.24) is 5.32 Å². The zero-order chi connectivity index (χ0) is 37.6. The topological polar surface area (TPSA) is 228 Å². The van der Waals surface area contributed by atoms with Crippen LogP contribution in [0.3, 0.4) is 0 Å². The second-order valence-corrected chi connectivity index (χ2v) is 11.7. The molecule has 3 N–H and O–H groups in total. The number of hydrogen-bond donors (Lipinski definition) is 3. The van der Waals surface area contributed by atoms with Gasteiger partial charge in [0.2, 0.25) is 0 Å². The first-order valence-electron chi connectivity index (χ1n) is 16.3. The van der Waals surface area contributed by atoms with Crippen molar-refractivity contribution < 1.29 is 67.4 Å². The van der Waals surface area contributed by atoms with Crippen molar-refractivity contribution in [2.75, 3.05) is 39.6 Å². The zero-order valence-corrected chi connectivity index (χ0v) is 28.1. The van der Waals surface area contributed by atoms with Gasteiger partial charge in [0.1, 0.15) is 19.0 Å². The summed E-state index contributed by atoms with van der Waals surface area (Å²) in [7, 11) is 0. The number of ether oxygens (including phenoxy) is 4. The van der Waals surface area contributed by atoms with Crippen molar-refractivity contribution in [3.8, 4) is 5.75 Å². The number of para-hydroxylation sites is 1. The SMILES string of the molecule is C[C@@H](COC(=O)CCCC=CC[C@@H]1[C@@H](C=CC(F)(F)COc2ccccc2)[C@H](O)C[C@@H]1O)NC(=O)OCCCOCC(CO[N+](=O)[O-])O[N+](=O)[O-]. The number of esters is 1. The number of rotatable bonds is 25. The van der Waals surface area contributed by atoms with Gasteiger partial charge in [-0.15, -0.1) is 20.2 Å². The van der Waals surface area contributed by atoms with Crippen LogP contribution in [-0.4, -0.2) is 102 Å². The number of nitrogens with zero attached hydrogens (tertiary/aromatic N) is 2. The average Bonchev–Trinajstić information content (AvgIpc) is 3.34. The Hall–Kier alpha value is -4.62. The monoisotopic (exact) mass is 733 g/mol. The Balaban J connectivity index is 1.58. The van der Waals surface area contributed by atoms with E-state index >= 15 is 0 Å². The lowest BCUT2D eigenvalue weighted by atomic mass is 9.89. The number of aliphatic hydroxyl groups excluding tert-OH is 2. The molecule has 1 amide bonds. The first kappa shape index (κ1) is 42.5. The van der Waals surface area contributed by atoms with Crippen LogP contribution in [0.25, 0.3) is 0 Å². The Kier molecular flexibility index (Phi) is 19.2. The quantitative estimate of drug-likeness (QED) is 0.0429. The lowest BCUT2D eigenvalue weighted by Gasteiger charge is -2.20. The van der Waals surface area contributed by atoms with Crippen molar-refractivity contribution >= 4 is 12.1 Å². The van der Waals surface area contributed by atoms with Crippen LogP contribution in [0.2, 0.25) is 0 Å². The summed E-state index contributed by atoms with van der Waals surface area (Å²) in [6.45, 7) is -0.513.